The Hall–Kier alpha value is -2.13. The van der Waals surface area contributed by atoms with Crippen LogP contribution < -0.4 is 10.6 Å². The molecule has 0 bridgehead atoms. The van der Waals surface area contributed by atoms with E-state index in [9.17, 15) is 9.59 Å². The van der Waals surface area contributed by atoms with Gasteiger partial charge in [-0.05, 0) is 58.3 Å². The van der Waals surface area contributed by atoms with Gasteiger partial charge in [0, 0.05) is 25.7 Å². The average Bonchev–Trinajstić information content (AvgIpc) is 3.34. The van der Waals surface area contributed by atoms with Crippen molar-refractivity contribution in [2.24, 2.45) is 5.92 Å². The van der Waals surface area contributed by atoms with Gasteiger partial charge in [-0.25, -0.2) is 10.6 Å². The van der Waals surface area contributed by atoms with Crippen LogP contribution in [0.3, 0.4) is 0 Å². The van der Waals surface area contributed by atoms with Crippen molar-refractivity contribution in [3.8, 4) is 0 Å². The van der Waals surface area contributed by atoms with E-state index in [-0.39, 0.29) is 30.1 Å². The Labute approximate surface area is 283 Å². The molecule has 0 saturated carbocycles. The lowest BCUT2D eigenvalue weighted by Gasteiger charge is -2.50. The van der Waals surface area contributed by atoms with Crippen molar-refractivity contribution in [2.45, 2.75) is 197 Å². The molecule has 5 rings (SSSR count). The molecule has 0 unspecified atom stereocenters. The first kappa shape index (κ1) is 36.2. The number of rotatable bonds is 18. The minimum Gasteiger partial charge on any atom is -0.481 e. The van der Waals surface area contributed by atoms with Crippen molar-refractivity contribution in [3.05, 3.63) is 12.2 Å². The summed E-state index contributed by atoms with van der Waals surface area (Å²) < 4.78 is 22.1. The summed E-state index contributed by atoms with van der Waals surface area (Å²) in [6.45, 7) is 4.81. The van der Waals surface area contributed by atoms with Crippen LogP contribution in [0, 0.1) is 5.92 Å². The number of nitrogens with zero attached hydrogens (tertiary/aromatic N) is 1. The molecule has 2 spiro atoms. The molecule has 7 atom stereocenters. The highest BCUT2D eigenvalue weighted by Crippen LogP contribution is 2.45. The normalized spacial score (nSPS) is 32.9. The summed E-state index contributed by atoms with van der Waals surface area (Å²) in [4.78, 5) is 24.5. The minimum atomic E-state index is -0.751. The Morgan fingerprint density at radius 2 is 1.60 bits per heavy atom. The van der Waals surface area contributed by atoms with E-state index < -0.39 is 17.4 Å². The van der Waals surface area contributed by atoms with E-state index >= 15 is 0 Å². The third kappa shape index (κ3) is 9.52. The van der Waals surface area contributed by atoms with E-state index in [4.69, 9.17) is 19.3 Å². The second kappa shape index (κ2) is 17.5. The van der Waals surface area contributed by atoms with Gasteiger partial charge >= 0.3 is 17.9 Å². The van der Waals surface area contributed by atoms with E-state index in [1.54, 1.807) is 0 Å². The predicted molar refractivity (Wildman–Crippen MR) is 183 cm³/mol. The summed E-state index contributed by atoms with van der Waals surface area (Å²) in [5.41, 5.74) is -1.15. The fourth-order valence-corrected chi connectivity index (χ4v) is 8.98. The van der Waals surface area contributed by atoms with Crippen LogP contribution in [0.5, 0.6) is 0 Å². The van der Waals surface area contributed by atoms with E-state index in [2.05, 4.69) is 41.2 Å². The minimum absolute atomic E-state index is 0.0710. The largest absolute Gasteiger partial charge is 0.481 e. The molecule has 5 aliphatic heterocycles. The number of allylic oxidation sites excluding steroid dienone is 1. The highest BCUT2D eigenvalue weighted by molar-refractivity contribution is 5.82. The molecular formula is C38H64N3O6+. The lowest BCUT2D eigenvalue weighted by atomic mass is 9.80. The SMILES string of the molecule is CC[C@H]1C=CCC[C@@]2(C[C@@H]3CC[C@@H]4[C@H](C(=O)OCCCCCCCCCCCCCCCC(=O)O)[C@]5(CCC[C@@H](C)O5)NC(=[N+]34)N2)O1. The van der Waals surface area contributed by atoms with Gasteiger partial charge in [-0.15, -0.1) is 0 Å². The number of carboxylic acids is 1. The zero-order valence-corrected chi connectivity index (χ0v) is 29.4. The summed E-state index contributed by atoms with van der Waals surface area (Å²) in [5.74, 6) is -0.132. The Morgan fingerprint density at radius 3 is 2.26 bits per heavy atom. The Bertz CT molecular complexity index is 1100. The number of unbranched alkanes of at least 4 members (excludes halogenated alkanes) is 12. The number of carboxylic acid groups (broad SMARTS) is 1. The second-order valence-electron chi connectivity index (χ2n) is 15.1. The number of guanidine groups is 1. The van der Waals surface area contributed by atoms with Crippen LogP contribution in [0.4, 0.5) is 0 Å². The van der Waals surface area contributed by atoms with Crippen LogP contribution >= 0.6 is 0 Å². The molecule has 9 nitrogen and oxygen atoms in total. The third-order valence-corrected chi connectivity index (χ3v) is 11.4. The third-order valence-electron chi connectivity index (χ3n) is 11.4. The summed E-state index contributed by atoms with van der Waals surface area (Å²) in [6, 6.07) is 0.408. The fraction of sp³-hybridized carbons (Fsp3) is 0.868. The van der Waals surface area contributed by atoms with Gasteiger partial charge in [0.15, 0.2) is 11.6 Å². The lowest BCUT2D eigenvalue weighted by Crippen LogP contribution is -2.76. The first-order valence-electron chi connectivity index (χ1n) is 19.5. The number of ether oxygens (including phenoxy) is 3. The van der Waals surface area contributed by atoms with E-state index in [1.165, 1.54) is 51.4 Å². The molecule has 266 valence electrons. The second-order valence-corrected chi connectivity index (χ2v) is 15.1. The highest BCUT2D eigenvalue weighted by Gasteiger charge is 2.64. The van der Waals surface area contributed by atoms with E-state index in [1.807, 2.05) is 0 Å². The summed E-state index contributed by atoms with van der Waals surface area (Å²) in [7, 11) is 0. The van der Waals surface area contributed by atoms with Crippen molar-refractivity contribution in [3.63, 3.8) is 0 Å². The molecule has 0 aromatic carbocycles. The molecule has 0 radical (unpaired) electrons. The number of hydrogen-bond acceptors (Lipinski definition) is 7. The van der Waals surface area contributed by atoms with Crippen LogP contribution in [0.25, 0.3) is 0 Å². The van der Waals surface area contributed by atoms with E-state index in [0.717, 1.165) is 95.9 Å². The Balaban J connectivity index is 1.06. The maximum Gasteiger partial charge on any atom is 0.350 e. The number of hydrogen-bond donors (Lipinski definition) is 3. The molecule has 0 amide bonds. The summed E-state index contributed by atoms with van der Waals surface area (Å²) >= 11 is 0. The Kier molecular flexibility index (Phi) is 13.5. The van der Waals surface area contributed by atoms with Gasteiger partial charge < -0.3 is 19.3 Å². The molecule has 0 aliphatic carbocycles. The number of carbonyl (C=O) groups is 2. The topological polar surface area (TPSA) is 109 Å². The standard InChI is InChI=1S/C38H63N3O6/c1-3-31-21-16-17-25-37(47-31)28-30-23-24-32-34(38(26-19-20-29(2)46-38)40-36(39-37)41(30)32)35(44)45-27-18-14-12-10-8-6-4-5-7-9-11-13-15-22-33(42)43/h16,21,29-32,34H,3-15,17-20,22-28H2,1-2H3,(H2,39,40,42,43)/p+1/t29-,30+,31+,32-,34-,37+,38-/m1/s1. The quantitative estimate of drug-likeness (QED) is 0.0609. The van der Waals surface area contributed by atoms with Gasteiger partial charge in [-0.3, -0.25) is 14.2 Å². The van der Waals surface area contributed by atoms with Gasteiger partial charge in [-0.1, -0.05) is 89.7 Å². The molecular weight excluding hydrogens is 594 g/mol. The number of nitrogens with one attached hydrogen (secondary N) is 2. The molecule has 3 N–H and O–H groups in total. The molecule has 0 aromatic heterocycles. The van der Waals surface area contributed by atoms with Crippen LogP contribution in [-0.4, -0.2) is 69.9 Å². The van der Waals surface area contributed by atoms with Crippen molar-refractivity contribution < 1.29 is 33.5 Å². The van der Waals surface area contributed by atoms with Crippen LogP contribution in [0.15, 0.2) is 12.2 Å². The zero-order chi connectivity index (χ0) is 33.1. The number of esters is 1. The highest BCUT2D eigenvalue weighted by atomic mass is 16.6. The van der Waals surface area contributed by atoms with Crippen molar-refractivity contribution in [1.82, 2.24) is 10.6 Å². The van der Waals surface area contributed by atoms with Crippen molar-refractivity contribution in [1.29, 1.82) is 0 Å². The molecule has 2 saturated heterocycles. The molecule has 0 aromatic rings. The van der Waals surface area contributed by atoms with Gasteiger partial charge in [0.2, 0.25) is 5.72 Å². The molecule has 47 heavy (non-hydrogen) atoms. The molecule has 2 fully saturated rings. The van der Waals surface area contributed by atoms with E-state index in [0.29, 0.717) is 19.1 Å². The van der Waals surface area contributed by atoms with Gasteiger partial charge in [0.25, 0.3) is 0 Å². The molecule has 9 heteroatoms. The zero-order valence-electron chi connectivity index (χ0n) is 29.4. The van der Waals surface area contributed by atoms with Gasteiger partial charge in [0.05, 0.1) is 30.9 Å². The van der Waals surface area contributed by atoms with Crippen LogP contribution in [0.1, 0.15) is 162 Å². The molecule has 5 aliphatic rings. The van der Waals surface area contributed by atoms with Crippen LogP contribution in [0.2, 0.25) is 0 Å². The monoisotopic (exact) mass is 658 g/mol. The number of aliphatic carboxylic acids is 1. The van der Waals surface area contributed by atoms with Gasteiger partial charge in [-0.2, -0.15) is 0 Å². The summed E-state index contributed by atoms with van der Waals surface area (Å²) in [5, 5.41) is 16.4. The first-order valence-corrected chi connectivity index (χ1v) is 19.5. The maximum atomic E-state index is 14.0. The number of carbonyl (C=O) groups excluding carboxylic acids is 1. The fourth-order valence-electron chi connectivity index (χ4n) is 8.98. The maximum absolute atomic E-state index is 14.0. The predicted octanol–water partition coefficient (Wildman–Crippen LogP) is 7.31. The smallest absolute Gasteiger partial charge is 0.350 e. The molecule has 5 heterocycles. The van der Waals surface area contributed by atoms with Crippen molar-refractivity contribution in [2.75, 3.05) is 6.61 Å². The summed E-state index contributed by atoms with van der Waals surface area (Å²) in [6.07, 6.45) is 28.8. The average molecular weight is 659 g/mol. The van der Waals surface area contributed by atoms with Crippen LogP contribution in [-0.2, 0) is 23.8 Å². The van der Waals surface area contributed by atoms with Gasteiger partial charge in [0.1, 0.15) is 0 Å². The van der Waals surface area contributed by atoms with Crippen molar-refractivity contribution >= 4 is 17.9 Å². The first-order chi connectivity index (χ1) is 22.8. The lowest BCUT2D eigenvalue weighted by molar-refractivity contribution is -0.609. The Morgan fingerprint density at radius 1 is 0.915 bits per heavy atom.